The summed E-state index contributed by atoms with van der Waals surface area (Å²) < 4.78 is 5.36. The molecular formula is C16H22ClN5O3. The smallest absolute Gasteiger partial charge is 0.410 e. The van der Waals surface area contributed by atoms with Gasteiger partial charge in [-0.05, 0) is 20.8 Å². The summed E-state index contributed by atoms with van der Waals surface area (Å²) in [6, 6.07) is -0.0596. The van der Waals surface area contributed by atoms with Crippen molar-refractivity contribution in [3.8, 4) is 0 Å². The second-order valence-corrected chi connectivity index (χ2v) is 7.74. The molecule has 9 heteroatoms. The fourth-order valence-corrected chi connectivity index (χ4v) is 3.12. The molecule has 2 aliphatic heterocycles. The Morgan fingerprint density at radius 2 is 1.96 bits per heavy atom. The number of halogens is 1. The van der Waals surface area contributed by atoms with Crippen molar-refractivity contribution >= 4 is 29.4 Å². The standard InChI is InChI=1S/C16H22ClN5O3/c1-16(2,3)25-15(24)21-5-10(6-21)22-7-11-13(17)18-9-19-14(11)20(4)8-12(22)23/h9-10H,5-8H2,1-4H3. The van der Waals surface area contributed by atoms with Gasteiger partial charge in [0.2, 0.25) is 5.91 Å². The molecule has 0 aliphatic carbocycles. The van der Waals surface area contributed by atoms with E-state index in [-0.39, 0.29) is 24.6 Å². The van der Waals surface area contributed by atoms with Gasteiger partial charge in [0.25, 0.3) is 0 Å². The topological polar surface area (TPSA) is 78.9 Å². The maximum atomic E-state index is 12.6. The number of amides is 2. The van der Waals surface area contributed by atoms with Crippen molar-refractivity contribution in [3.05, 3.63) is 17.0 Å². The maximum Gasteiger partial charge on any atom is 0.410 e. The first kappa shape index (κ1) is 17.7. The molecule has 1 saturated heterocycles. The summed E-state index contributed by atoms with van der Waals surface area (Å²) in [5.41, 5.74) is 0.195. The molecule has 0 spiro atoms. The zero-order chi connectivity index (χ0) is 18.4. The van der Waals surface area contributed by atoms with Crippen LogP contribution in [0.3, 0.4) is 0 Å². The van der Waals surface area contributed by atoms with Crippen LogP contribution in [0, 0.1) is 0 Å². The summed E-state index contributed by atoms with van der Waals surface area (Å²) in [5, 5.41) is 0.347. The lowest BCUT2D eigenvalue weighted by molar-refractivity contribution is -0.136. The summed E-state index contributed by atoms with van der Waals surface area (Å²) >= 11 is 6.21. The summed E-state index contributed by atoms with van der Waals surface area (Å²) in [4.78, 5) is 38.1. The number of ether oxygens (including phenoxy) is 1. The minimum Gasteiger partial charge on any atom is -0.444 e. The molecule has 0 unspecified atom stereocenters. The second kappa shape index (κ2) is 6.33. The van der Waals surface area contributed by atoms with Crippen LogP contribution in [-0.4, -0.2) is 70.1 Å². The molecule has 2 aliphatic rings. The number of fused-ring (bicyclic) bond motifs is 1. The van der Waals surface area contributed by atoms with Crippen LogP contribution in [0.5, 0.6) is 0 Å². The Hall–Kier alpha value is -2.09. The van der Waals surface area contributed by atoms with Crippen LogP contribution < -0.4 is 4.90 Å². The van der Waals surface area contributed by atoms with E-state index in [4.69, 9.17) is 16.3 Å². The van der Waals surface area contributed by atoms with Gasteiger partial charge >= 0.3 is 6.09 Å². The van der Waals surface area contributed by atoms with Crippen LogP contribution in [0.2, 0.25) is 5.15 Å². The molecule has 0 atom stereocenters. The number of aromatic nitrogens is 2. The normalized spacial score (nSPS) is 18.6. The molecule has 0 aromatic carbocycles. The molecule has 1 aromatic heterocycles. The van der Waals surface area contributed by atoms with Crippen LogP contribution in [0.4, 0.5) is 10.6 Å². The van der Waals surface area contributed by atoms with Gasteiger partial charge in [-0.25, -0.2) is 14.8 Å². The van der Waals surface area contributed by atoms with E-state index in [2.05, 4.69) is 9.97 Å². The number of carbonyl (C=O) groups excluding carboxylic acids is 2. The van der Waals surface area contributed by atoms with Gasteiger partial charge in [0.15, 0.2) is 0 Å². The van der Waals surface area contributed by atoms with E-state index in [9.17, 15) is 9.59 Å². The van der Waals surface area contributed by atoms with Gasteiger partial charge in [0.1, 0.15) is 22.9 Å². The van der Waals surface area contributed by atoms with E-state index < -0.39 is 5.60 Å². The summed E-state index contributed by atoms with van der Waals surface area (Å²) in [7, 11) is 1.80. The Kier molecular flexibility index (Phi) is 4.49. The first-order valence-electron chi connectivity index (χ1n) is 8.13. The van der Waals surface area contributed by atoms with Gasteiger partial charge in [0, 0.05) is 20.1 Å². The van der Waals surface area contributed by atoms with Gasteiger partial charge in [0.05, 0.1) is 24.7 Å². The lowest BCUT2D eigenvalue weighted by Gasteiger charge is -2.45. The number of likely N-dealkylation sites (tertiary alicyclic amines) is 1. The molecule has 2 amide bonds. The Bertz CT molecular complexity index is 700. The SMILES string of the molecule is CN1CC(=O)N(C2CN(C(=O)OC(C)(C)C)C2)Cc2c(Cl)ncnc21. The number of anilines is 1. The number of rotatable bonds is 1. The third-order valence-electron chi connectivity index (χ3n) is 4.21. The van der Waals surface area contributed by atoms with Gasteiger partial charge in [-0.2, -0.15) is 0 Å². The molecule has 25 heavy (non-hydrogen) atoms. The fourth-order valence-electron chi connectivity index (χ4n) is 2.94. The fraction of sp³-hybridized carbons (Fsp3) is 0.625. The molecule has 136 valence electrons. The number of likely N-dealkylation sites (N-methyl/N-ethyl adjacent to an activating group) is 1. The molecule has 8 nitrogen and oxygen atoms in total. The van der Waals surface area contributed by atoms with E-state index in [0.717, 1.165) is 5.56 Å². The van der Waals surface area contributed by atoms with E-state index in [1.807, 2.05) is 20.8 Å². The minimum absolute atomic E-state index is 0.0228. The largest absolute Gasteiger partial charge is 0.444 e. The molecule has 1 fully saturated rings. The first-order chi connectivity index (χ1) is 11.7. The highest BCUT2D eigenvalue weighted by Gasteiger charge is 2.40. The van der Waals surface area contributed by atoms with Crippen LogP contribution in [0.1, 0.15) is 26.3 Å². The van der Waals surface area contributed by atoms with Gasteiger partial charge in [-0.3, -0.25) is 4.79 Å². The molecule has 1 aromatic rings. The van der Waals surface area contributed by atoms with Crippen molar-refractivity contribution in [1.29, 1.82) is 0 Å². The van der Waals surface area contributed by atoms with Crippen LogP contribution in [0.25, 0.3) is 0 Å². The molecule has 0 bridgehead atoms. The average molecular weight is 368 g/mol. The van der Waals surface area contributed by atoms with Crippen molar-refractivity contribution < 1.29 is 14.3 Å². The third kappa shape index (κ3) is 3.63. The van der Waals surface area contributed by atoms with Crippen molar-refractivity contribution in [2.24, 2.45) is 0 Å². The summed E-state index contributed by atoms with van der Waals surface area (Å²) in [5.74, 6) is 0.643. The van der Waals surface area contributed by atoms with Gasteiger partial charge in [-0.15, -0.1) is 0 Å². The number of carbonyl (C=O) groups is 2. The molecule has 3 rings (SSSR count). The lowest BCUT2D eigenvalue weighted by atomic mass is 10.1. The van der Waals surface area contributed by atoms with Crippen molar-refractivity contribution in [3.63, 3.8) is 0 Å². The van der Waals surface area contributed by atoms with E-state index >= 15 is 0 Å². The highest BCUT2D eigenvalue weighted by molar-refractivity contribution is 6.30. The summed E-state index contributed by atoms with van der Waals surface area (Å²) in [6.07, 6.45) is 1.04. The van der Waals surface area contributed by atoms with E-state index in [1.54, 1.807) is 21.7 Å². The number of hydrogen-bond donors (Lipinski definition) is 0. The molecule has 3 heterocycles. The third-order valence-corrected chi connectivity index (χ3v) is 4.53. The Morgan fingerprint density at radius 3 is 2.60 bits per heavy atom. The highest BCUT2D eigenvalue weighted by atomic mass is 35.5. The van der Waals surface area contributed by atoms with Crippen molar-refractivity contribution in [2.45, 2.75) is 39.0 Å². The lowest BCUT2D eigenvalue weighted by Crippen LogP contribution is -2.63. The Labute approximate surface area is 151 Å². The second-order valence-electron chi connectivity index (χ2n) is 7.38. The Balaban J connectivity index is 1.71. The minimum atomic E-state index is -0.535. The van der Waals surface area contributed by atoms with Gasteiger partial charge < -0.3 is 19.4 Å². The van der Waals surface area contributed by atoms with Gasteiger partial charge in [-0.1, -0.05) is 11.6 Å². The van der Waals surface area contributed by atoms with E-state index in [1.165, 1.54) is 6.33 Å². The molecular weight excluding hydrogens is 346 g/mol. The van der Waals surface area contributed by atoms with Crippen LogP contribution >= 0.6 is 11.6 Å². The highest BCUT2D eigenvalue weighted by Crippen LogP contribution is 2.30. The summed E-state index contributed by atoms with van der Waals surface area (Å²) in [6.45, 7) is 6.93. The number of nitrogens with zero attached hydrogens (tertiary/aromatic N) is 5. The van der Waals surface area contributed by atoms with Crippen molar-refractivity contribution in [2.75, 3.05) is 31.6 Å². The quantitative estimate of drug-likeness (QED) is 0.700. The predicted molar refractivity (Wildman–Crippen MR) is 92.5 cm³/mol. The van der Waals surface area contributed by atoms with E-state index in [0.29, 0.717) is 30.6 Å². The molecule has 0 N–H and O–H groups in total. The van der Waals surface area contributed by atoms with Crippen LogP contribution in [-0.2, 0) is 16.1 Å². The zero-order valence-corrected chi connectivity index (χ0v) is 15.6. The first-order valence-corrected chi connectivity index (χ1v) is 8.51. The zero-order valence-electron chi connectivity index (χ0n) is 14.8. The average Bonchev–Trinajstić information content (AvgIpc) is 2.55. The van der Waals surface area contributed by atoms with Crippen LogP contribution in [0.15, 0.2) is 6.33 Å². The number of hydrogen-bond acceptors (Lipinski definition) is 6. The Morgan fingerprint density at radius 1 is 1.28 bits per heavy atom. The van der Waals surface area contributed by atoms with Crippen molar-refractivity contribution in [1.82, 2.24) is 19.8 Å². The maximum absolute atomic E-state index is 12.6. The predicted octanol–water partition coefficient (Wildman–Crippen LogP) is 1.53. The monoisotopic (exact) mass is 367 g/mol. The molecule has 0 radical (unpaired) electrons. The molecule has 0 saturated carbocycles.